The van der Waals surface area contributed by atoms with Crippen molar-refractivity contribution in [2.24, 2.45) is 16.1 Å². The fraction of sp³-hybridized carbons (Fsp3) is 0.231. The zero-order chi connectivity index (χ0) is 10.4. The molecule has 1 aliphatic carbocycles. The van der Waals surface area contributed by atoms with E-state index in [2.05, 4.69) is 48.4 Å². The van der Waals surface area contributed by atoms with Gasteiger partial charge in [-0.2, -0.15) is 5.11 Å². The van der Waals surface area contributed by atoms with E-state index >= 15 is 0 Å². The SMILES string of the molecule is CC(C)C1=C2C=c3ccccc3=C2N=N1. The Labute approximate surface area is 88.4 Å². The van der Waals surface area contributed by atoms with Crippen LogP contribution in [0.5, 0.6) is 0 Å². The summed E-state index contributed by atoms with van der Waals surface area (Å²) in [6.45, 7) is 4.31. The molecule has 74 valence electrons. The Kier molecular flexibility index (Phi) is 1.66. The normalized spacial score (nSPS) is 17.1. The van der Waals surface area contributed by atoms with Gasteiger partial charge in [-0.15, -0.1) is 5.11 Å². The summed E-state index contributed by atoms with van der Waals surface area (Å²) in [4.78, 5) is 0. The molecule has 15 heavy (non-hydrogen) atoms. The van der Waals surface area contributed by atoms with Gasteiger partial charge in [0.15, 0.2) is 0 Å². The zero-order valence-electron chi connectivity index (χ0n) is 8.86. The molecule has 2 heteroatoms. The molecule has 0 N–H and O–H groups in total. The highest BCUT2D eigenvalue weighted by Crippen LogP contribution is 2.32. The van der Waals surface area contributed by atoms with E-state index in [0.29, 0.717) is 5.92 Å². The molecule has 1 heterocycles. The van der Waals surface area contributed by atoms with E-state index in [-0.39, 0.29) is 0 Å². The van der Waals surface area contributed by atoms with Gasteiger partial charge in [0.05, 0.1) is 5.70 Å². The molecular formula is C13H12N2. The molecule has 2 aliphatic rings. The van der Waals surface area contributed by atoms with E-state index < -0.39 is 0 Å². The molecule has 2 nitrogen and oxygen atoms in total. The largest absolute Gasteiger partial charge is 0.154 e. The summed E-state index contributed by atoms with van der Waals surface area (Å²) in [6.07, 6.45) is 2.19. The molecule has 0 saturated carbocycles. The number of benzene rings is 1. The first-order valence-electron chi connectivity index (χ1n) is 5.25. The Hall–Kier alpha value is -1.70. The second-order valence-electron chi connectivity index (χ2n) is 4.23. The van der Waals surface area contributed by atoms with Crippen LogP contribution in [-0.2, 0) is 0 Å². The number of rotatable bonds is 1. The Balaban J connectivity index is 2.38. The summed E-state index contributed by atoms with van der Waals surface area (Å²) < 4.78 is 0. The molecule has 0 saturated heterocycles. The third-order valence-electron chi connectivity index (χ3n) is 2.85. The van der Waals surface area contributed by atoms with Gasteiger partial charge in [0.1, 0.15) is 5.70 Å². The van der Waals surface area contributed by atoms with Crippen molar-refractivity contribution in [2.45, 2.75) is 13.8 Å². The maximum atomic E-state index is 4.28. The standard InChI is InChI=1S/C13H12N2/c1-8(2)12-11-7-9-5-3-4-6-10(9)13(11)15-14-12/h3-8H,1-2H3. The monoisotopic (exact) mass is 196 g/mol. The van der Waals surface area contributed by atoms with Gasteiger partial charge in [0, 0.05) is 10.8 Å². The molecule has 1 aliphatic heterocycles. The van der Waals surface area contributed by atoms with Gasteiger partial charge in [-0.05, 0) is 17.2 Å². The number of nitrogens with zero attached hydrogens (tertiary/aromatic N) is 2. The zero-order valence-corrected chi connectivity index (χ0v) is 8.86. The van der Waals surface area contributed by atoms with E-state index in [1.807, 2.05) is 6.07 Å². The van der Waals surface area contributed by atoms with Crippen LogP contribution in [0, 0.1) is 5.92 Å². The lowest BCUT2D eigenvalue weighted by molar-refractivity contribution is 0.750. The highest BCUT2D eigenvalue weighted by atomic mass is 15.1. The number of hydrogen-bond acceptors (Lipinski definition) is 2. The first kappa shape index (κ1) is 8.60. The number of allylic oxidation sites excluding steroid dienone is 1. The van der Waals surface area contributed by atoms with Crippen molar-refractivity contribution in [2.75, 3.05) is 0 Å². The van der Waals surface area contributed by atoms with Gasteiger partial charge in [0.25, 0.3) is 0 Å². The van der Waals surface area contributed by atoms with Crippen molar-refractivity contribution < 1.29 is 0 Å². The molecule has 0 aromatic heterocycles. The summed E-state index contributed by atoms with van der Waals surface area (Å²) in [6, 6.07) is 8.34. The molecule has 1 aromatic rings. The Bertz CT molecular complexity index is 604. The van der Waals surface area contributed by atoms with E-state index in [0.717, 1.165) is 11.4 Å². The second-order valence-corrected chi connectivity index (χ2v) is 4.23. The summed E-state index contributed by atoms with van der Waals surface area (Å²) >= 11 is 0. The molecule has 0 amide bonds. The average molecular weight is 196 g/mol. The van der Waals surface area contributed by atoms with Crippen LogP contribution < -0.4 is 10.4 Å². The topological polar surface area (TPSA) is 24.7 Å². The minimum Gasteiger partial charge on any atom is -0.154 e. The third kappa shape index (κ3) is 1.11. The second kappa shape index (κ2) is 2.89. The predicted octanol–water partition coefficient (Wildman–Crippen LogP) is 1.96. The third-order valence-corrected chi connectivity index (χ3v) is 2.85. The van der Waals surface area contributed by atoms with Crippen LogP contribution in [0.3, 0.4) is 0 Å². The smallest absolute Gasteiger partial charge is 0.103 e. The average Bonchev–Trinajstić information content (AvgIpc) is 2.74. The van der Waals surface area contributed by atoms with Crippen molar-refractivity contribution >= 4 is 11.8 Å². The van der Waals surface area contributed by atoms with Crippen LogP contribution in [0.15, 0.2) is 45.8 Å². The lowest BCUT2D eigenvalue weighted by Crippen LogP contribution is -2.21. The maximum absolute atomic E-state index is 4.28. The highest BCUT2D eigenvalue weighted by molar-refractivity contribution is 5.83. The van der Waals surface area contributed by atoms with Crippen LogP contribution in [0.2, 0.25) is 0 Å². The molecule has 0 fully saturated rings. The van der Waals surface area contributed by atoms with Crippen molar-refractivity contribution in [1.82, 2.24) is 0 Å². The summed E-state index contributed by atoms with van der Waals surface area (Å²) in [5.41, 5.74) is 3.38. The van der Waals surface area contributed by atoms with Crippen molar-refractivity contribution in [3.63, 3.8) is 0 Å². The van der Waals surface area contributed by atoms with E-state index in [4.69, 9.17) is 0 Å². The lowest BCUT2D eigenvalue weighted by atomic mass is 10.1. The lowest BCUT2D eigenvalue weighted by Gasteiger charge is -2.01. The van der Waals surface area contributed by atoms with Gasteiger partial charge >= 0.3 is 0 Å². The Morgan fingerprint density at radius 2 is 1.87 bits per heavy atom. The van der Waals surface area contributed by atoms with Gasteiger partial charge in [-0.25, -0.2) is 0 Å². The van der Waals surface area contributed by atoms with Gasteiger partial charge in [-0.3, -0.25) is 0 Å². The van der Waals surface area contributed by atoms with Crippen molar-refractivity contribution in [3.05, 3.63) is 46.0 Å². The van der Waals surface area contributed by atoms with Gasteiger partial charge in [-0.1, -0.05) is 38.1 Å². The summed E-state index contributed by atoms with van der Waals surface area (Å²) in [5, 5.41) is 11.0. The van der Waals surface area contributed by atoms with Crippen molar-refractivity contribution in [1.29, 1.82) is 0 Å². The number of fused-ring (bicyclic) bond motifs is 2. The highest BCUT2D eigenvalue weighted by Gasteiger charge is 2.22. The predicted molar refractivity (Wildman–Crippen MR) is 60.3 cm³/mol. The van der Waals surface area contributed by atoms with Crippen LogP contribution in [0.4, 0.5) is 0 Å². The number of azo groups is 1. The molecule has 3 rings (SSSR count). The van der Waals surface area contributed by atoms with Crippen LogP contribution in [-0.4, -0.2) is 0 Å². The first-order chi connectivity index (χ1) is 7.27. The summed E-state index contributed by atoms with van der Waals surface area (Å²) in [5.74, 6) is 0.437. The number of hydrogen-bond donors (Lipinski definition) is 0. The van der Waals surface area contributed by atoms with Gasteiger partial charge in [0.2, 0.25) is 0 Å². The fourth-order valence-corrected chi connectivity index (χ4v) is 2.09. The molecule has 0 bridgehead atoms. The minimum absolute atomic E-state index is 0.437. The van der Waals surface area contributed by atoms with Gasteiger partial charge < -0.3 is 0 Å². The Morgan fingerprint density at radius 3 is 2.67 bits per heavy atom. The molecule has 0 unspecified atom stereocenters. The molecule has 1 aromatic carbocycles. The first-order valence-corrected chi connectivity index (χ1v) is 5.25. The maximum Gasteiger partial charge on any atom is 0.103 e. The van der Waals surface area contributed by atoms with Crippen LogP contribution in [0.25, 0.3) is 11.8 Å². The fourth-order valence-electron chi connectivity index (χ4n) is 2.09. The minimum atomic E-state index is 0.437. The quantitative estimate of drug-likeness (QED) is 0.656. The summed E-state index contributed by atoms with van der Waals surface area (Å²) in [7, 11) is 0. The van der Waals surface area contributed by atoms with Crippen LogP contribution in [0.1, 0.15) is 13.8 Å². The Morgan fingerprint density at radius 1 is 1.07 bits per heavy atom. The molecule has 0 spiro atoms. The molecular weight excluding hydrogens is 184 g/mol. The van der Waals surface area contributed by atoms with Crippen LogP contribution >= 0.6 is 0 Å². The van der Waals surface area contributed by atoms with Crippen molar-refractivity contribution in [3.8, 4) is 0 Å². The molecule has 0 radical (unpaired) electrons. The van der Waals surface area contributed by atoms with E-state index in [9.17, 15) is 0 Å². The van der Waals surface area contributed by atoms with E-state index in [1.165, 1.54) is 16.0 Å². The molecule has 0 atom stereocenters. The van der Waals surface area contributed by atoms with E-state index in [1.54, 1.807) is 0 Å².